The van der Waals surface area contributed by atoms with Crippen LogP contribution in [0.5, 0.6) is 0 Å². The first-order valence-corrected chi connectivity index (χ1v) is 7.26. The highest BCUT2D eigenvalue weighted by Crippen LogP contribution is 2.34. The quantitative estimate of drug-likeness (QED) is 0.677. The Hall–Kier alpha value is -1.79. The maximum absolute atomic E-state index is 12.3. The largest absolute Gasteiger partial charge is 0.479 e. The van der Waals surface area contributed by atoms with Crippen LogP contribution in [-0.2, 0) is 9.59 Å². The zero-order valence-electron chi connectivity index (χ0n) is 12.9. The number of amides is 3. The normalized spacial score (nSPS) is 22.1. The van der Waals surface area contributed by atoms with Crippen LogP contribution in [0.4, 0.5) is 4.79 Å². The van der Waals surface area contributed by atoms with Gasteiger partial charge in [0.2, 0.25) is 5.91 Å². The van der Waals surface area contributed by atoms with Crippen molar-refractivity contribution in [1.29, 1.82) is 0 Å². The molecule has 0 aromatic carbocycles. The summed E-state index contributed by atoms with van der Waals surface area (Å²) in [5.74, 6) is -1.48. The Kier molecular flexibility index (Phi) is 5.20. The van der Waals surface area contributed by atoms with Crippen LogP contribution in [0.1, 0.15) is 46.5 Å². The van der Waals surface area contributed by atoms with Crippen LogP contribution in [0.25, 0.3) is 0 Å². The number of hydrogen-bond acceptors (Lipinski definition) is 3. The van der Waals surface area contributed by atoms with Crippen LogP contribution >= 0.6 is 0 Å². The van der Waals surface area contributed by atoms with Gasteiger partial charge >= 0.3 is 12.0 Å². The standard InChI is InChI=1S/C14H25N3O4/c1-4-6-14(11(19)20)7-5-8-17(14)12(21)16-9-13(2,3)10(15)18/h4-9H2,1-3H3,(H2,15,18)(H,16,21)(H,19,20). The molecule has 1 fully saturated rings. The first-order chi connectivity index (χ1) is 9.67. The third-order valence-electron chi connectivity index (χ3n) is 4.14. The van der Waals surface area contributed by atoms with E-state index in [9.17, 15) is 19.5 Å². The van der Waals surface area contributed by atoms with Crippen LogP contribution in [0.3, 0.4) is 0 Å². The molecule has 21 heavy (non-hydrogen) atoms. The second kappa shape index (κ2) is 6.32. The predicted molar refractivity (Wildman–Crippen MR) is 77.6 cm³/mol. The molecule has 0 aromatic heterocycles. The Morgan fingerprint density at radius 1 is 1.38 bits per heavy atom. The van der Waals surface area contributed by atoms with E-state index in [-0.39, 0.29) is 6.54 Å². The van der Waals surface area contributed by atoms with Gasteiger partial charge in [0.25, 0.3) is 0 Å². The molecule has 0 aliphatic carbocycles. The second-order valence-electron chi connectivity index (χ2n) is 6.25. The highest BCUT2D eigenvalue weighted by molar-refractivity contribution is 5.87. The predicted octanol–water partition coefficient (Wildman–Crippen LogP) is 0.927. The lowest BCUT2D eigenvalue weighted by Crippen LogP contribution is -2.57. The average Bonchev–Trinajstić information content (AvgIpc) is 2.81. The molecule has 1 rings (SSSR count). The molecule has 1 heterocycles. The highest BCUT2D eigenvalue weighted by atomic mass is 16.4. The van der Waals surface area contributed by atoms with Crippen molar-refractivity contribution >= 4 is 17.9 Å². The number of nitrogens with two attached hydrogens (primary N) is 1. The van der Waals surface area contributed by atoms with Gasteiger partial charge in [-0.1, -0.05) is 13.3 Å². The van der Waals surface area contributed by atoms with Crippen molar-refractivity contribution in [3.63, 3.8) is 0 Å². The molecular weight excluding hydrogens is 274 g/mol. The van der Waals surface area contributed by atoms with E-state index in [1.165, 1.54) is 4.90 Å². The van der Waals surface area contributed by atoms with E-state index < -0.39 is 28.9 Å². The SMILES string of the molecule is CCCC1(C(=O)O)CCCN1C(=O)NCC(C)(C)C(N)=O. The van der Waals surface area contributed by atoms with Crippen molar-refractivity contribution in [2.75, 3.05) is 13.1 Å². The Morgan fingerprint density at radius 3 is 2.48 bits per heavy atom. The highest BCUT2D eigenvalue weighted by Gasteiger charge is 2.49. The second-order valence-corrected chi connectivity index (χ2v) is 6.25. The minimum Gasteiger partial charge on any atom is -0.479 e. The number of likely N-dealkylation sites (tertiary alicyclic amines) is 1. The van der Waals surface area contributed by atoms with Gasteiger partial charge in [-0.25, -0.2) is 9.59 Å². The monoisotopic (exact) mass is 299 g/mol. The number of nitrogens with zero attached hydrogens (tertiary/aromatic N) is 1. The molecule has 1 unspecified atom stereocenters. The Morgan fingerprint density at radius 2 is 2.00 bits per heavy atom. The van der Waals surface area contributed by atoms with E-state index in [2.05, 4.69) is 5.32 Å². The van der Waals surface area contributed by atoms with Gasteiger partial charge in [-0.05, 0) is 33.1 Å². The van der Waals surface area contributed by atoms with Crippen LogP contribution in [-0.4, -0.2) is 46.5 Å². The van der Waals surface area contributed by atoms with E-state index in [0.29, 0.717) is 32.2 Å². The first kappa shape index (κ1) is 17.3. The average molecular weight is 299 g/mol. The zero-order chi connectivity index (χ0) is 16.3. The number of nitrogens with one attached hydrogen (secondary N) is 1. The number of urea groups is 1. The topological polar surface area (TPSA) is 113 Å². The van der Waals surface area contributed by atoms with E-state index in [1.807, 2.05) is 6.92 Å². The fraction of sp³-hybridized carbons (Fsp3) is 0.786. The molecule has 3 amide bonds. The summed E-state index contributed by atoms with van der Waals surface area (Å²) < 4.78 is 0. The maximum atomic E-state index is 12.3. The fourth-order valence-corrected chi connectivity index (χ4v) is 2.66. The number of rotatable bonds is 6. The van der Waals surface area contributed by atoms with Crippen LogP contribution < -0.4 is 11.1 Å². The van der Waals surface area contributed by atoms with Crippen molar-refractivity contribution in [2.24, 2.45) is 11.1 Å². The van der Waals surface area contributed by atoms with Gasteiger partial charge in [0.15, 0.2) is 0 Å². The molecule has 0 aromatic rings. The van der Waals surface area contributed by atoms with Gasteiger partial charge in [0.05, 0.1) is 5.41 Å². The molecule has 1 aliphatic heterocycles. The van der Waals surface area contributed by atoms with Crippen molar-refractivity contribution in [3.8, 4) is 0 Å². The molecule has 7 heteroatoms. The third kappa shape index (κ3) is 3.46. The van der Waals surface area contributed by atoms with E-state index in [1.54, 1.807) is 13.8 Å². The van der Waals surface area contributed by atoms with Gasteiger partial charge in [0, 0.05) is 13.1 Å². The Labute approximate surface area is 124 Å². The summed E-state index contributed by atoms with van der Waals surface area (Å²) in [6.07, 6.45) is 2.24. The summed E-state index contributed by atoms with van der Waals surface area (Å²) in [4.78, 5) is 36.6. The van der Waals surface area contributed by atoms with Crippen molar-refractivity contribution < 1.29 is 19.5 Å². The minimum atomic E-state index is -1.13. The fourth-order valence-electron chi connectivity index (χ4n) is 2.66. The summed E-state index contributed by atoms with van der Waals surface area (Å²) in [6, 6.07) is -0.447. The zero-order valence-corrected chi connectivity index (χ0v) is 12.9. The number of carbonyl (C=O) groups is 3. The molecular formula is C14H25N3O4. The van der Waals surface area contributed by atoms with Crippen LogP contribution in [0.2, 0.25) is 0 Å². The summed E-state index contributed by atoms with van der Waals surface area (Å²) in [7, 11) is 0. The smallest absolute Gasteiger partial charge is 0.329 e. The van der Waals surface area contributed by atoms with E-state index >= 15 is 0 Å². The summed E-state index contributed by atoms with van der Waals surface area (Å²) in [5.41, 5.74) is 3.26. The lowest BCUT2D eigenvalue weighted by atomic mass is 9.90. The number of hydrogen-bond donors (Lipinski definition) is 3. The van der Waals surface area contributed by atoms with Gasteiger partial charge in [0.1, 0.15) is 5.54 Å². The molecule has 1 atom stereocenters. The summed E-state index contributed by atoms with van der Waals surface area (Å²) in [5, 5.41) is 12.2. The molecule has 0 bridgehead atoms. The molecule has 0 saturated carbocycles. The maximum Gasteiger partial charge on any atom is 0.329 e. The lowest BCUT2D eigenvalue weighted by Gasteiger charge is -2.35. The number of carboxylic acids is 1. The van der Waals surface area contributed by atoms with Crippen molar-refractivity contribution in [2.45, 2.75) is 52.0 Å². The van der Waals surface area contributed by atoms with E-state index in [0.717, 1.165) is 0 Å². The van der Waals surface area contributed by atoms with Crippen molar-refractivity contribution in [1.82, 2.24) is 10.2 Å². The molecule has 0 spiro atoms. The molecule has 1 aliphatic rings. The summed E-state index contributed by atoms with van der Waals surface area (Å²) in [6.45, 7) is 5.66. The molecule has 0 radical (unpaired) electrons. The first-order valence-electron chi connectivity index (χ1n) is 7.26. The number of carboxylic acid groups (broad SMARTS) is 1. The molecule has 7 nitrogen and oxygen atoms in total. The number of carbonyl (C=O) groups excluding carboxylic acids is 2. The van der Waals surface area contributed by atoms with Gasteiger partial charge in [-0.3, -0.25) is 4.79 Å². The number of aliphatic carboxylic acids is 1. The summed E-state index contributed by atoms with van der Waals surface area (Å²) >= 11 is 0. The van der Waals surface area contributed by atoms with Gasteiger partial charge in [-0.15, -0.1) is 0 Å². The molecule has 120 valence electrons. The van der Waals surface area contributed by atoms with Crippen LogP contribution in [0, 0.1) is 5.41 Å². The number of primary amides is 1. The molecule has 4 N–H and O–H groups in total. The van der Waals surface area contributed by atoms with Gasteiger partial charge in [-0.2, -0.15) is 0 Å². The van der Waals surface area contributed by atoms with Gasteiger partial charge < -0.3 is 21.1 Å². The third-order valence-corrected chi connectivity index (χ3v) is 4.14. The Balaban J connectivity index is 2.81. The van der Waals surface area contributed by atoms with Crippen LogP contribution in [0.15, 0.2) is 0 Å². The Bertz CT molecular complexity index is 436. The van der Waals surface area contributed by atoms with E-state index in [4.69, 9.17) is 5.73 Å². The van der Waals surface area contributed by atoms with Crippen molar-refractivity contribution in [3.05, 3.63) is 0 Å². The molecule has 1 saturated heterocycles. The minimum absolute atomic E-state index is 0.0828. The lowest BCUT2D eigenvalue weighted by molar-refractivity contribution is -0.148.